The fourth-order valence-electron chi connectivity index (χ4n) is 3.49. The fraction of sp³-hybridized carbons (Fsp3) is 0.261. The lowest BCUT2D eigenvalue weighted by Gasteiger charge is -2.34. The molecule has 12 heteroatoms. The van der Waals surface area contributed by atoms with Crippen molar-refractivity contribution in [2.24, 2.45) is 0 Å². The number of nitrogens with one attached hydrogen (secondary N) is 2. The highest BCUT2D eigenvalue weighted by molar-refractivity contribution is 7.89. The van der Waals surface area contributed by atoms with Crippen LogP contribution in [0.1, 0.15) is 11.1 Å². The number of amides is 2. The van der Waals surface area contributed by atoms with Gasteiger partial charge >= 0.3 is 12.2 Å². The number of benzene rings is 1. The molecule has 1 saturated heterocycles. The van der Waals surface area contributed by atoms with E-state index in [4.69, 9.17) is 0 Å². The van der Waals surface area contributed by atoms with Gasteiger partial charge in [0.15, 0.2) is 4.90 Å². The lowest BCUT2D eigenvalue weighted by atomic mass is 10.2. The number of pyridine rings is 2. The van der Waals surface area contributed by atoms with Crippen LogP contribution in [0.4, 0.5) is 29.5 Å². The molecule has 0 radical (unpaired) electrons. The monoisotopic (exact) mass is 504 g/mol. The van der Waals surface area contributed by atoms with E-state index in [1.807, 2.05) is 11.0 Å². The molecule has 0 saturated carbocycles. The molecule has 4 rings (SSSR count). The molecular weight excluding hydrogens is 481 g/mol. The number of carbonyl (C=O) groups is 1. The van der Waals surface area contributed by atoms with Crippen molar-refractivity contribution in [3.63, 3.8) is 0 Å². The van der Waals surface area contributed by atoms with E-state index in [0.717, 1.165) is 17.8 Å². The van der Waals surface area contributed by atoms with Crippen LogP contribution in [0.15, 0.2) is 72.0 Å². The zero-order valence-electron chi connectivity index (χ0n) is 18.5. The maximum atomic E-state index is 13.0. The first-order chi connectivity index (χ1) is 16.8. The molecule has 2 amide bonds. The third-order valence-corrected chi connectivity index (χ3v) is 6.87. The molecule has 0 aliphatic carbocycles. The molecule has 1 unspecified atom stereocenters. The maximum absolute atomic E-state index is 13.0. The van der Waals surface area contributed by atoms with Crippen LogP contribution in [0.2, 0.25) is 0 Å². The second-order valence-electron chi connectivity index (χ2n) is 7.76. The van der Waals surface area contributed by atoms with Crippen LogP contribution in [0, 0.1) is 0 Å². The van der Waals surface area contributed by atoms with E-state index in [-0.39, 0.29) is 6.03 Å². The average Bonchev–Trinajstić information content (AvgIpc) is 2.88. The molecule has 1 aromatic carbocycles. The molecule has 3 heterocycles. The predicted octanol–water partition coefficient (Wildman–Crippen LogP) is 3.66. The number of anilines is 2. The van der Waals surface area contributed by atoms with Gasteiger partial charge in [0.1, 0.15) is 5.82 Å². The van der Waals surface area contributed by atoms with E-state index < -0.39 is 23.1 Å². The predicted molar refractivity (Wildman–Crippen MR) is 126 cm³/mol. The number of piperazine rings is 1. The van der Waals surface area contributed by atoms with Crippen molar-refractivity contribution in [1.29, 1.82) is 0 Å². The van der Waals surface area contributed by atoms with Gasteiger partial charge in [-0.1, -0.05) is 6.07 Å². The van der Waals surface area contributed by atoms with Crippen molar-refractivity contribution in [2.45, 2.75) is 17.6 Å². The zero-order valence-corrected chi connectivity index (χ0v) is 19.4. The van der Waals surface area contributed by atoms with Crippen LogP contribution in [-0.2, 0) is 24.1 Å². The molecular formula is C23H23F3N6O2S. The second kappa shape index (κ2) is 10.9. The van der Waals surface area contributed by atoms with Crippen molar-refractivity contribution in [1.82, 2.24) is 19.6 Å². The minimum Gasteiger partial charge on any atom is -0.593 e. The molecule has 184 valence electrons. The van der Waals surface area contributed by atoms with Gasteiger partial charge in [-0.2, -0.15) is 13.2 Å². The van der Waals surface area contributed by atoms with Crippen LogP contribution in [0.5, 0.6) is 0 Å². The van der Waals surface area contributed by atoms with Gasteiger partial charge in [-0.25, -0.2) is 9.78 Å². The summed E-state index contributed by atoms with van der Waals surface area (Å²) in [5.74, 6) is 0.459. The number of alkyl halides is 3. The smallest absolute Gasteiger partial charge is 0.417 e. The molecule has 0 bridgehead atoms. The summed E-state index contributed by atoms with van der Waals surface area (Å²) in [5.41, 5.74) is 0.653. The molecule has 1 atom stereocenters. The van der Waals surface area contributed by atoms with Crippen LogP contribution >= 0.6 is 0 Å². The zero-order chi connectivity index (χ0) is 24.8. The first kappa shape index (κ1) is 24.8. The Bertz CT molecular complexity index is 1110. The van der Waals surface area contributed by atoms with Crippen molar-refractivity contribution in [2.75, 3.05) is 36.4 Å². The molecule has 0 spiro atoms. The topological polar surface area (TPSA) is 96.4 Å². The van der Waals surface area contributed by atoms with Crippen molar-refractivity contribution in [3.8, 4) is 0 Å². The summed E-state index contributed by atoms with van der Waals surface area (Å²) >= 11 is -1.40. The van der Waals surface area contributed by atoms with Crippen LogP contribution in [-0.4, -0.2) is 51.0 Å². The number of halogens is 3. The van der Waals surface area contributed by atoms with Crippen molar-refractivity contribution < 1.29 is 22.5 Å². The Morgan fingerprint density at radius 2 is 1.77 bits per heavy atom. The minimum atomic E-state index is -4.42. The van der Waals surface area contributed by atoms with E-state index in [1.165, 1.54) is 6.07 Å². The van der Waals surface area contributed by atoms with E-state index in [1.54, 1.807) is 47.0 Å². The van der Waals surface area contributed by atoms with Crippen LogP contribution in [0.3, 0.4) is 0 Å². The fourth-order valence-corrected chi connectivity index (χ4v) is 4.65. The lowest BCUT2D eigenvalue weighted by molar-refractivity contribution is -0.137. The number of carbonyl (C=O) groups excluding carboxylic acids is 1. The molecule has 1 fully saturated rings. The Balaban J connectivity index is 1.26. The number of rotatable bonds is 6. The summed E-state index contributed by atoms with van der Waals surface area (Å²) in [5, 5.41) is 5.47. The molecule has 8 nitrogen and oxygen atoms in total. The van der Waals surface area contributed by atoms with Crippen LogP contribution < -0.4 is 15.5 Å². The third kappa shape index (κ3) is 6.62. The van der Waals surface area contributed by atoms with Gasteiger partial charge in [-0.3, -0.25) is 4.98 Å². The van der Waals surface area contributed by atoms with Crippen molar-refractivity contribution >= 4 is 28.9 Å². The second-order valence-corrected chi connectivity index (χ2v) is 9.25. The van der Waals surface area contributed by atoms with Gasteiger partial charge in [0.2, 0.25) is 0 Å². The molecule has 1 aliphatic rings. The standard InChI is InChI=1S/C23H23F3N6O2S/c24-23(25,26)18-3-8-21(28-16-18)31-10-12-32(13-11-31)35(34)20-6-4-19(5-7-20)30-22(33)29-15-17-2-1-9-27-14-17/h1-9,14,16H,10-13,15H2,(H2,29,30,33). The van der Waals surface area contributed by atoms with Gasteiger partial charge < -0.3 is 20.1 Å². The molecule has 2 aromatic heterocycles. The Kier molecular flexibility index (Phi) is 7.73. The largest absolute Gasteiger partial charge is 0.593 e. The van der Waals surface area contributed by atoms with Crippen LogP contribution in [0.25, 0.3) is 0 Å². The summed E-state index contributed by atoms with van der Waals surface area (Å²) in [6.07, 6.45) is -0.264. The summed E-state index contributed by atoms with van der Waals surface area (Å²) in [4.78, 5) is 22.5. The van der Waals surface area contributed by atoms with Gasteiger partial charge in [-0.05, 0) is 48.0 Å². The van der Waals surface area contributed by atoms with Gasteiger partial charge in [0.25, 0.3) is 0 Å². The third-order valence-electron chi connectivity index (χ3n) is 5.36. The SMILES string of the molecule is O=C(NCc1cccnc1)Nc1ccc([S+]([O-])N2CCN(c3ccc(C(F)(F)F)cn3)CC2)cc1. The first-order valence-electron chi connectivity index (χ1n) is 10.8. The summed E-state index contributed by atoms with van der Waals surface area (Å²) in [7, 11) is 0. The van der Waals surface area contributed by atoms with Gasteiger partial charge in [-0.15, -0.1) is 4.31 Å². The minimum absolute atomic E-state index is 0.343. The Morgan fingerprint density at radius 3 is 2.37 bits per heavy atom. The Hall–Kier alpha value is -3.35. The number of urea groups is 1. The maximum Gasteiger partial charge on any atom is 0.417 e. The van der Waals surface area contributed by atoms with E-state index >= 15 is 0 Å². The Labute approximate surface area is 203 Å². The normalized spacial score (nSPS) is 15.5. The number of hydrogen-bond donors (Lipinski definition) is 2. The summed E-state index contributed by atoms with van der Waals surface area (Å²) in [6, 6.07) is 12.4. The summed E-state index contributed by atoms with van der Waals surface area (Å²) in [6.45, 7) is 2.25. The van der Waals surface area contributed by atoms with Crippen molar-refractivity contribution in [3.05, 3.63) is 78.2 Å². The van der Waals surface area contributed by atoms with Gasteiger partial charge in [0.05, 0.1) is 30.0 Å². The number of hydrogen-bond acceptors (Lipinski definition) is 6. The van der Waals surface area contributed by atoms with E-state index in [0.29, 0.717) is 49.1 Å². The quantitative estimate of drug-likeness (QED) is 0.498. The lowest BCUT2D eigenvalue weighted by Crippen LogP contribution is -2.48. The number of nitrogens with zero attached hydrogens (tertiary/aromatic N) is 4. The highest BCUT2D eigenvalue weighted by atomic mass is 32.2. The molecule has 2 N–H and O–H groups in total. The van der Waals surface area contributed by atoms with E-state index in [2.05, 4.69) is 20.6 Å². The molecule has 1 aliphatic heterocycles. The Morgan fingerprint density at radius 1 is 1.03 bits per heavy atom. The number of aromatic nitrogens is 2. The average molecular weight is 505 g/mol. The molecule has 3 aromatic rings. The first-order valence-corrected chi connectivity index (χ1v) is 11.9. The highest BCUT2D eigenvalue weighted by Crippen LogP contribution is 2.29. The summed E-state index contributed by atoms with van der Waals surface area (Å²) < 4.78 is 52.9. The van der Waals surface area contributed by atoms with Gasteiger partial charge in [0, 0.05) is 43.9 Å². The molecule has 35 heavy (non-hydrogen) atoms. The van der Waals surface area contributed by atoms with E-state index in [9.17, 15) is 22.5 Å². The highest BCUT2D eigenvalue weighted by Gasteiger charge is 2.32.